The van der Waals surface area contributed by atoms with Crippen molar-refractivity contribution in [2.24, 2.45) is 5.92 Å². The molecule has 1 saturated heterocycles. The van der Waals surface area contributed by atoms with E-state index in [0.717, 1.165) is 12.2 Å². The van der Waals surface area contributed by atoms with Crippen molar-refractivity contribution in [3.8, 4) is 11.5 Å². The highest BCUT2D eigenvalue weighted by Gasteiger charge is 2.40. The van der Waals surface area contributed by atoms with Crippen molar-refractivity contribution in [3.63, 3.8) is 0 Å². The molecule has 0 aromatic carbocycles. The Morgan fingerprint density at radius 3 is 2.81 bits per heavy atom. The van der Waals surface area contributed by atoms with Crippen LogP contribution < -0.4 is 15.5 Å². The van der Waals surface area contributed by atoms with Crippen molar-refractivity contribution < 1.29 is 17.6 Å². The SMILES string of the molecule is C=CCS(=O)(=O)C1CC(C(=O)Nc2ccc(Cl)s2)CCN1c1ncc(-c2ncc(CC)o2)cc1NC. The third-order valence-corrected chi connectivity index (χ3v) is 9.19. The summed E-state index contributed by atoms with van der Waals surface area (Å²) in [5.74, 6) is 0.795. The molecule has 2 N–H and O–H groups in total. The molecular formula is C24H28ClN5O4S2. The number of carbonyl (C=O) groups is 1. The van der Waals surface area contributed by atoms with Crippen LogP contribution in [0.4, 0.5) is 16.5 Å². The first kappa shape index (κ1) is 26.2. The number of hydrogen-bond acceptors (Lipinski definition) is 9. The van der Waals surface area contributed by atoms with E-state index in [4.69, 9.17) is 16.0 Å². The highest BCUT2D eigenvalue weighted by Crippen LogP contribution is 2.37. The Morgan fingerprint density at radius 2 is 2.17 bits per heavy atom. The molecule has 0 saturated carbocycles. The van der Waals surface area contributed by atoms with Crippen LogP contribution in [-0.4, -0.2) is 49.0 Å². The van der Waals surface area contributed by atoms with Crippen LogP contribution in [0.3, 0.4) is 0 Å². The number of aryl methyl sites for hydroxylation is 1. The van der Waals surface area contributed by atoms with Crippen LogP contribution in [0.5, 0.6) is 0 Å². The zero-order valence-electron chi connectivity index (χ0n) is 20.0. The number of carbonyl (C=O) groups excluding carboxylic acids is 1. The number of amides is 1. The van der Waals surface area contributed by atoms with Gasteiger partial charge in [0, 0.05) is 32.1 Å². The van der Waals surface area contributed by atoms with Gasteiger partial charge in [-0.3, -0.25) is 4.79 Å². The molecule has 3 aromatic rings. The molecule has 36 heavy (non-hydrogen) atoms. The molecule has 0 aliphatic carbocycles. The first-order chi connectivity index (χ1) is 17.2. The first-order valence-electron chi connectivity index (χ1n) is 11.5. The lowest BCUT2D eigenvalue weighted by atomic mass is 9.95. The number of hydrogen-bond donors (Lipinski definition) is 2. The standard InChI is InChI=1S/C24H28ClN5O4S2/c1-4-10-36(32,33)21-12-15(23(31)29-20-7-6-19(25)35-20)8-9-30(21)22-18(26-3)11-16(13-27-22)24-28-14-17(5-2)34-24/h4,6-7,11,13-15,21,26H,1,5,8-10,12H2,2-3H3,(H,29,31). The molecule has 4 heterocycles. The number of piperidine rings is 1. The third kappa shape index (κ3) is 5.58. The van der Waals surface area contributed by atoms with Crippen molar-refractivity contribution in [2.45, 2.75) is 31.6 Å². The molecule has 3 aromatic heterocycles. The van der Waals surface area contributed by atoms with Gasteiger partial charge in [-0.25, -0.2) is 18.4 Å². The summed E-state index contributed by atoms with van der Waals surface area (Å²) in [6.07, 6.45) is 6.00. The first-order valence-corrected chi connectivity index (χ1v) is 14.4. The van der Waals surface area contributed by atoms with Crippen molar-refractivity contribution in [2.75, 3.05) is 34.9 Å². The molecule has 1 amide bonds. The lowest BCUT2D eigenvalue weighted by molar-refractivity contribution is -0.120. The van der Waals surface area contributed by atoms with Gasteiger partial charge in [-0.2, -0.15) is 0 Å². The van der Waals surface area contributed by atoms with Gasteiger partial charge in [0.2, 0.25) is 11.8 Å². The Balaban J connectivity index is 1.63. The van der Waals surface area contributed by atoms with E-state index in [0.29, 0.717) is 45.3 Å². The number of aromatic nitrogens is 2. The third-order valence-electron chi connectivity index (χ3n) is 6.06. The second-order valence-corrected chi connectivity index (χ2v) is 12.3. The van der Waals surface area contributed by atoms with E-state index in [1.807, 2.05) is 13.0 Å². The summed E-state index contributed by atoms with van der Waals surface area (Å²) in [5.41, 5.74) is 1.32. The Labute approximate surface area is 219 Å². The number of anilines is 3. The van der Waals surface area contributed by atoms with Crippen LogP contribution in [0.25, 0.3) is 11.5 Å². The highest BCUT2D eigenvalue weighted by atomic mass is 35.5. The predicted octanol–water partition coefficient (Wildman–Crippen LogP) is 4.84. The number of sulfone groups is 1. The van der Waals surface area contributed by atoms with Crippen LogP contribution in [0, 0.1) is 5.92 Å². The maximum atomic E-state index is 13.3. The molecule has 1 fully saturated rings. The number of oxazole rings is 1. The van der Waals surface area contributed by atoms with Gasteiger partial charge >= 0.3 is 0 Å². The molecule has 0 spiro atoms. The molecule has 0 radical (unpaired) electrons. The predicted molar refractivity (Wildman–Crippen MR) is 144 cm³/mol. The number of halogens is 1. The minimum atomic E-state index is -3.64. The Bertz CT molecular complexity index is 1350. The van der Waals surface area contributed by atoms with Crippen LogP contribution in [0.1, 0.15) is 25.5 Å². The molecule has 0 bridgehead atoms. The number of nitrogens with zero attached hydrogens (tertiary/aromatic N) is 3. The summed E-state index contributed by atoms with van der Waals surface area (Å²) in [7, 11) is -1.90. The van der Waals surface area contributed by atoms with Gasteiger partial charge in [-0.15, -0.1) is 17.9 Å². The van der Waals surface area contributed by atoms with Crippen molar-refractivity contribution in [1.29, 1.82) is 0 Å². The fourth-order valence-corrected chi connectivity index (χ4v) is 6.84. The largest absolute Gasteiger partial charge is 0.441 e. The molecule has 9 nitrogen and oxygen atoms in total. The van der Waals surface area contributed by atoms with E-state index >= 15 is 0 Å². The summed E-state index contributed by atoms with van der Waals surface area (Å²) in [4.78, 5) is 23.7. The summed E-state index contributed by atoms with van der Waals surface area (Å²) < 4.78 is 32.9. The van der Waals surface area contributed by atoms with Crippen LogP contribution in [0.15, 0.2) is 47.7 Å². The van der Waals surface area contributed by atoms with Crippen LogP contribution in [-0.2, 0) is 21.1 Å². The maximum Gasteiger partial charge on any atom is 0.228 e. The average Bonchev–Trinajstić information content (AvgIpc) is 3.52. The van der Waals surface area contributed by atoms with Gasteiger partial charge in [-0.05, 0) is 31.0 Å². The maximum absolute atomic E-state index is 13.3. The Morgan fingerprint density at radius 1 is 1.36 bits per heavy atom. The fraction of sp³-hybridized carbons (Fsp3) is 0.375. The van der Waals surface area contributed by atoms with Crippen LogP contribution >= 0.6 is 22.9 Å². The van der Waals surface area contributed by atoms with Gasteiger partial charge in [0.15, 0.2) is 15.7 Å². The second-order valence-electron chi connectivity index (χ2n) is 8.41. The normalized spacial score (nSPS) is 18.1. The lowest BCUT2D eigenvalue weighted by Crippen LogP contribution is -2.50. The number of thiophene rings is 1. The lowest BCUT2D eigenvalue weighted by Gasteiger charge is -2.39. The topological polar surface area (TPSA) is 117 Å². The summed E-state index contributed by atoms with van der Waals surface area (Å²) in [5, 5.41) is 5.67. The van der Waals surface area contributed by atoms with Crippen molar-refractivity contribution in [1.82, 2.24) is 9.97 Å². The number of rotatable bonds is 9. The van der Waals surface area contributed by atoms with Crippen molar-refractivity contribution in [3.05, 3.63) is 53.3 Å². The molecule has 1 aliphatic rings. The van der Waals surface area contributed by atoms with Crippen LogP contribution in [0.2, 0.25) is 4.34 Å². The van der Waals surface area contributed by atoms with Crippen molar-refractivity contribution >= 4 is 55.2 Å². The smallest absolute Gasteiger partial charge is 0.228 e. The average molecular weight is 550 g/mol. The molecule has 1 aliphatic heterocycles. The van der Waals surface area contributed by atoms with E-state index in [2.05, 4.69) is 27.2 Å². The van der Waals surface area contributed by atoms with E-state index in [1.54, 1.807) is 36.5 Å². The summed E-state index contributed by atoms with van der Waals surface area (Å²) >= 11 is 7.23. The van der Waals surface area contributed by atoms with Gasteiger partial charge in [0.05, 0.1) is 32.5 Å². The number of nitrogens with one attached hydrogen (secondary N) is 2. The van der Waals surface area contributed by atoms with E-state index in [1.165, 1.54) is 17.4 Å². The molecule has 2 atom stereocenters. The molecule has 12 heteroatoms. The van der Waals surface area contributed by atoms with E-state index < -0.39 is 21.1 Å². The van der Waals surface area contributed by atoms with E-state index in [9.17, 15) is 13.2 Å². The molecule has 2 unspecified atom stereocenters. The quantitative estimate of drug-likeness (QED) is 0.364. The number of pyridine rings is 1. The second kappa shape index (κ2) is 11.0. The summed E-state index contributed by atoms with van der Waals surface area (Å²) in [6, 6.07) is 5.27. The van der Waals surface area contributed by atoms with Gasteiger partial charge in [0.25, 0.3) is 0 Å². The minimum absolute atomic E-state index is 0.132. The Hall–Kier alpha value is -2.89. The van der Waals surface area contributed by atoms with Gasteiger partial charge < -0.3 is 20.0 Å². The van der Waals surface area contributed by atoms with E-state index in [-0.39, 0.29) is 18.1 Å². The zero-order chi connectivity index (χ0) is 25.9. The molecular weight excluding hydrogens is 522 g/mol. The van der Waals surface area contributed by atoms with Gasteiger partial charge in [-0.1, -0.05) is 24.6 Å². The molecule has 4 rings (SSSR count). The highest BCUT2D eigenvalue weighted by molar-refractivity contribution is 7.92. The Kier molecular flexibility index (Phi) is 8.01. The minimum Gasteiger partial charge on any atom is -0.441 e. The van der Waals surface area contributed by atoms with Gasteiger partial charge in [0.1, 0.15) is 11.1 Å². The monoisotopic (exact) mass is 549 g/mol. The molecule has 192 valence electrons. The zero-order valence-corrected chi connectivity index (χ0v) is 22.4. The fourth-order valence-electron chi connectivity index (χ4n) is 4.22. The summed E-state index contributed by atoms with van der Waals surface area (Å²) in [6.45, 7) is 5.92.